The first kappa shape index (κ1) is 14.6. The van der Waals surface area contributed by atoms with E-state index in [1.807, 2.05) is 11.3 Å². The van der Waals surface area contributed by atoms with E-state index < -0.39 is 0 Å². The fourth-order valence-electron chi connectivity index (χ4n) is 4.11. The first-order valence-electron chi connectivity index (χ1n) is 8.33. The third kappa shape index (κ3) is 3.63. The summed E-state index contributed by atoms with van der Waals surface area (Å²) in [6.07, 6.45) is 9.55. The second-order valence-corrected chi connectivity index (χ2v) is 7.44. The van der Waals surface area contributed by atoms with Gasteiger partial charge in [0.25, 0.3) is 0 Å². The van der Waals surface area contributed by atoms with Crippen molar-refractivity contribution >= 4 is 11.3 Å². The van der Waals surface area contributed by atoms with Gasteiger partial charge in [-0.15, -0.1) is 0 Å². The standard InChI is InChI=1S/C17H28N2S/c1-13(11-14-8-10-20-12-14)19-17-7-4-5-15(17)16-6-2-3-9-18-16/h8,10,12-13,15-19H,2-7,9,11H2,1H3. The predicted octanol–water partition coefficient (Wildman–Crippen LogP) is 3.58. The van der Waals surface area contributed by atoms with Crippen molar-refractivity contribution in [2.45, 2.75) is 70.0 Å². The molecule has 1 saturated heterocycles. The number of thiophene rings is 1. The van der Waals surface area contributed by atoms with E-state index in [0.29, 0.717) is 6.04 Å². The number of hydrogen-bond donors (Lipinski definition) is 2. The van der Waals surface area contributed by atoms with Crippen LogP contribution >= 0.6 is 11.3 Å². The van der Waals surface area contributed by atoms with Gasteiger partial charge in [0.15, 0.2) is 0 Å². The highest BCUT2D eigenvalue weighted by atomic mass is 32.1. The molecule has 2 fully saturated rings. The second kappa shape index (κ2) is 7.06. The Bertz CT molecular complexity index is 384. The van der Waals surface area contributed by atoms with E-state index >= 15 is 0 Å². The molecule has 3 rings (SSSR count). The van der Waals surface area contributed by atoms with Crippen LogP contribution in [0, 0.1) is 5.92 Å². The summed E-state index contributed by atoms with van der Waals surface area (Å²) in [6, 6.07) is 4.37. The van der Waals surface area contributed by atoms with Crippen molar-refractivity contribution in [3.8, 4) is 0 Å². The highest BCUT2D eigenvalue weighted by Crippen LogP contribution is 2.32. The maximum atomic E-state index is 3.93. The van der Waals surface area contributed by atoms with Crippen LogP contribution in [0.4, 0.5) is 0 Å². The Balaban J connectivity index is 1.52. The molecule has 2 N–H and O–H groups in total. The lowest BCUT2D eigenvalue weighted by molar-refractivity contribution is 0.248. The fraction of sp³-hybridized carbons (Fsp3) is 0.765. The Morgan fingerprint density at radius 2 is 2.25 bits per heavy atom. The average molecular weight is 292 g/mol. The van der Waals surface area contributed by atoms with Gasteiger partial charge in [-0.25, -0.2) is 0 Å². The zero-order valence-corrected chi connectivity index (χ0v) is 13.4. The molecule has 0 radical (unpaired) electrons. The van der Waals surface area contributed by atoms with Crippen molar-refractivity contribution < 1.29 is 0 Å². The maximum absolute atomic E-state index is 3.93. The molecule has 1 aromatic rings. The van der Waals surface area contributed by atoms with Crippen LogP contribution in [0.3, 0.4) is 0 Å². The minimum Gasteiger partial charge on any atom is -0.314 e. The summed E-state index contributed by atoms with van der Waals surface area (Å²) in [5.41, 5.74) is 1.49. The molecule has 0 spiro atoms. The van der Waals surface area contributed by atoms with E-state index in [9.17, 15) is 0 Å². The molecule has 2 nitrogen and oxygen atoms in total. The van der Waals surface area contributed by atoms with Crippen LogP contribution in [-0.4, -0.2) is 24.7 Å². The molecule has 1 aliphatic carbocycles. The minimum atomic E-state index is 0.596. The lowest BCUT2D eigenvalue weighted by Crippen LogP contribution is -2.49. The molecule has 0 bridgehead atoms. The van der Waals surface area contributed by atoms with Crippen molar-refractivity contribution in [2.24, 2.45) is 5.92 Å². The highest BCUT2D eigenvalue weighted by Gasteiger charge is 2.34. The van der Waals surface area contributed by atoms with Gasteiger partial charge in [-0.1, -0.05) is 12.8 Å². The first-order chi connectivity index (χ1) is 9.83. The van der Waals surface area contributed by atoms with Gasteiger partial charge in [-0.2, -0.15) is 11.3 Å². The second-order valence-electron chi connectivity index (χ2n) is 6.66. The molecule has 2 heterocycles. The monoisotopic (exact) mass is 292 g/mol. The largest absolute Gasteiger partial charge is 0.314 e. The van der Waals surface area contributed by atoms with E-state index in [2.05, 4.69) is 34.4 Å². The summed E-state index contributed by atoms with van der Waals surface area (Å²) in [7, 11) is 0. The molecule has 1 aliphatic heterocycles. The minimum absolute atomic E-state index is 0.596. The Labute approximate surface area is 127 Å². The summed E-state index contributed by atoms with van der Waals surface area (Å²) in [5.74, 6) is 0.861. The van der Waals surface area contributed by atoms with Gasteiger partial charge >= 0.3 is 0 Å². The molecule has 4 unspecified atom stereocenters. The fourth-order valence-corrected chi connectivity index (χ4v) is 4.79. The molecule has 0 aromatic carbocycles. The topological polar surface area (TPSA) is 24.1 Å². The van der Waals surface area contributed by atoms with Gasteiger partial charge in [-0.3, -0.25) is 0 Å². The zero-order chi connectivity index (χ0) is 13.8. The summed E-state index contributed by atoms with van der Waals surface area (Å²) in [6.45, 7) is 3.58. The Kier molecular flexibility index (Phi) is 5.14. The van der Waals surface area contributed by atoms with E-state index in [0.717, 1.165) is 18.0 Å². The summed E-state index contributed by atoms with van der Waals surface area (Å²) in [5, 5.41) is 12.2. The van der Waals surface area contributed by atoms with Gasteiger partial charge in [-0.05, 0) is 73.9 Å². The van der Waals surface area contributed by atoms with Crippen LogP contribution in [0.1, 0.15) is 51.0 Å². The first-order valence-corrected chi connectivity index (χ1v) is 9.28. The van der Waals surface area contributed by atoms with Crippen LogP contribution in [0.2, 0.25) is 0 Å². The highest BCUT2D eigenvalue weighted by molar-refractivity contribution is 7.07. The Morgan fingerprint density at radius 3 is 3.00 bits per heavy atom. The van der Waals surface area contributed by atoms with Crippen LogP contribution in [0.25, 0.3) is 0 Å². The molecule has 0 amide bonds. The molecule has 1 aromatic heterocycles. The molecule has 112 valence electrons. The molecule has 1 saturated carbocycles. The number of rotatable bonds is 5. The average Bonchev–Trinajstić information content (AvgIpc) is 3.11. The molecule has 3 heteroatoms. The lowest BCUT2D eigenvalue weighted by Gasteiger charge is -2.34. The van der Waals surface area contributed by atoms with Gasteiger partial charge in [0.05, 0.1) is 0 Å². The van der Waals surface area contributed by atoms with Gasteiger partial charge < -0.3 is 10.6 Å². The van der Waals surface area contributed by atoms with Crippen LogP contribution < -0.4 is 10.6 Å². The van der Waals surface area contributed by atoms with Crippen molar-refractivity contribution in [3.63, 3.8) is 0 Å². The molecule has 20 heavy (non-hydrogen) atoms. The van der Waals surface area contributed by atoms with E-state index in [4.69, 9.17) is 0 Å². The van der Waals surface area contributed by atoms with Crippen molar-refractivity contribution in [3.05, 3.63) is 22.4 Å². The van der Waals surface area contributed by atoms with Crippen LogP contribution in [0.5, 0.6) is 0 Å². The van der Waals surface area contributed by atoms with Gasteiger partial charge in [0, 0.05) is 18.1 Å². The van der Waals surface area contributed by atoms with E-state index in [1.165, 1.54) is 57.1 Å². The SMILES string of the molecule is CC(Cc1ccsc1)NC1CCCC1C1CCCCN1. The summed E-state index contributed by atoms with van der Waals surface area (Å²) < 4.78 is 0. The summed E-state index contributed by atoms with van der Waals surface area (Å²) >= 11 is 1.81. The smallest absolute Gasteiger partial charge is 0.0113 e. The number of hydrogen-bond acceptors (Lipinski definition) is 3. The third-order valence-electron chi connectivity index (χ3n) is 5.06. The molecular formula is C17H28N2S. The predicted molar refractivity (Wildman–Crippen MR) is 87.4 cm³/mol. The maximum Gasteiger partial charge on any atom is 0.0113 e. The third-order valence-corrected chi connectivity index (χ3v) is 5.79. The Hall–Kier alpha value is -0.380. The normalized spacial score (nSPS) is 32.4. The van der Waals surface area contributed by atoms with Crippen LogP contribution in [0.15, 0.2) is 16.8 Å². The Morgan fingerprint density at radius 1 is 1.30 bits per heavy atom. The zero-order valence-electron chi connectivity index (χ0n) is 12.6. The molecule has 4 atom stereocenters. The number of nitrogens with one attached hydrogen (secondary N) is 2. The van der Waals surface area contributed by atoms with Crippen molar-refractivity contribution in [1.29, 1.82) is 0 Å². The van der Waals surface area contributed by atoms with Crippen LogP contribution in [-0.2, 0) is 6.42 Å². The summed E-state index contributed by atoms with van der Waals surface area (Å²) in [4.78, 5) is 0. The molecular weight excluding hydrogens is 264 g/mol. The van der Waals surface area contributed by atoms with Gasteiger partial charge in [0.1, 0.15) is 0 Å². The molecule has 2 aliphatic rings. The van der Waals surface area contributed by atoms with Crippen molar-refractivity contribution in [1.82, 2.24) is 10.6 Å². The number of piperidine rings is 1. The van der Waals surface area contributed by atoms with E-state index in [1.54, 1.807) is 0 Å². The quantitative estimate of drug-likeness (QED) is 0.867. The van der Waals surface area contributed by atoms with E-state index in [-0.39, 0.29) is 0 Å². The van der Waals surface area contributed by atoms with Crippen molar-refractivity contribution in [2.75, 3.05) is 6.54 Å². The lowest BCUT2D eigenvalue weighted by atomic mass is 9.88. The van der Waals surface area contributed by atoms with Gasteiger partial charge in [0.2, 0.25) is 0 Å².